The largest absolute Gasteiger partial charge is 0.456 e. The summed E-state index contributed by atoms with van der Waals surface area (Å²) in [4.78, 5) is 4.85. The minimum atomic E-state index is 0.905. The minimum Gasteiger partial charge on any atom is -0.456 e. The number of hydrogen-bond donors (Lipinski definition) is 0. The summed E-state index contributed by atoms with van der Waals surface area (Å²) < 4.78 is 14.2. The van der Waals surface area contributed by atoms with E-state index in [1.807, 2.05) is 34.0 Å². The molecule has 4 heterocycles. The van der Waals surface area contributed by atoms with Gasteiger partial charge in [0.25, 0.3) is 0 Å². The Morgan fingerprint density at radius 1 is 0.167 bits per heavy atom. The van der Waals surface area contributed by atoms with Crippen LogP contribution in [0.4, 0.5) is 34.1 Å². The Bertz CT molecular complexity index is 8630. The highest BCUT2D eigenvalue weighted by atomic mass is 32.1. The van der Waals surface area contributed by atoms with Crippen molar-refractivity contribution < 1.29 is 4.42 Å². The van der Waals surface area contributed by atoms with E-state index in [1.54, 1.807) is 0 Å². The lowest BCUT2D eigenvalue weighted by Gasteiger charge is -2.30. The zero-order valence-electron chi connectivity index (χ0n) is 68.3. The summed E-state index contributed by atoms with van der Waals surface area (Å²) in [6.45, 7) is 0. The molecule has 0 N–H and O–H groups in total. The molecule has 0 bridgehead atoms. The van der Waals surface area contributed by atoms with Gasteiger partial charge in [-0.2, -0.15) is 0 Å². The highest BCUT2D eigenvalue weighted by Crippen LogP contribution is 2.53. The molecule has 3 nitrogen and oxygen atoms in total. The number of anilines is 6. The van der Waals surface area contributed by atoms with Crippen molar-refractivity contribution in [2.24, 2.45) is 0 Å². The van der Waals surface area contributed by atoms with Crippen LogP contribution in [0.15, 0.2) is 453 Å². The molecule has 0 aliphatic carbocycles. The number of thiophene rings is 3. The SMILES string of the molecule is c1ccc(-c2ccc(N(c3ccc(-c4ccc5oc6ccc7ccccc7c6c5c4)cc3)c3ccc(-c4ccc5sc6ccc7ccccc7c6c5c4)cc3)cc2)cc1.c1ccc(-c2ccc(N(c3ccc(-c4ccc5sc6ccc7ccccc7c6c5c4)cc3)c3cccc4ccccc34)c(-c3cc4ccccc4c4c3sc3ccc5ccccc5c34)c2)cc1. The Labute approximate surface area is 739 Å². The summed E-state index contributed by atoms with van der Waals surface area (Å²) >= 11 is 5.66. The molecule has 22 aromatic carbocycles. The molecule has 0 aliphatic heterocycles. The summed E-state index contributed by atoms with van der Waals surface area (Å²) in [5.74, 6) is 0. The number of hydrogen-bond acceptors (Lipinski definition) is 6. The molecule has 0 fully saturated rings. The molecule has 26 rings (SSSR count). The van der Waals surface area contributed by atoms with E-state index >= 15 is 0 Å². The van der Waals surface area contributed by atoms with Gasteiger partial charge in [0, 0.05) is 111 Å². The maximum absolute atomic E-state index is 6.31. The first-order chi connectivity index (χ1) is 62.4. The summed E-state index contributed by atoms with van der Waals surface area (Å²) in [5.41, 5.74) is 22.8. The Kier molecular flexibility index (Phi) is 17.6. The molecule has 26 aromatic rings. The Hall–Kier alpha value is -15.5. The van der Waals surface area contributed by atoms with Gasteiger partial charge in [-0.3, -0.25) is 0 Å². The Morgan fingerprint density at radius 2 is 0.508 bits per heavy atom. The van der Waals surface area contributed by atoms with Crippen LogP contribution in [-0.2, 0) is 0 Å². The lowest BCUT2D eigenvalue weighted by Crippen LogP contribution is -2.12. The number of furan rings is 1. The van der Waals surface area contributed by atoms with Gasteiger partial charge in [0.15, 0.2) is 0 Å². The molecule has 0 unspecified atom stereocenters. The zero-order chi connectivity index (χ0) is 82.9. The monoisotopic (exact) mass is 1650 g/mol. The molecule has 0 saturated heterocycles. The van der Waals surface area contributed by atoms with Gasteiger partial charge in [0.2, 0.25) is 0 Å². The molecular formula is C120H74N2OS3. The van der Waals surface area contributed by atoms with Crippen LogP contribution in [0.1, 0.15) is 0 Å². The predicted molar refractivity (Wildman–Crippen MR) is 546 cm³/mol. The molecule has 588 valence electrons. The highest BCUT2D eigenvalue weighted by molar-refractivity contribution is 7.27. The molecule has 0 aliphatic rings. The van der Waals surface area contributed by atoms with Crippen molar-refractivity contribution in [3.63, 3.8) is 0 Å². The van der Waals surface area contributed by atoms with E-state index in [1.165, 1.54) is 186 Å². The van der Waals surface area contributed by atoms with Crippen LogP contribution in [0, 0.1) is 0 Å². The molecule has 0 amide bonds. The average molecular weight is 1660 g/mol. The van der Waals surface area contributed by atoms with Gasteiger partial charge in [-0.15, -0.1) is 34.0 Å². The van der Waals surface area contributed by atoms with Gasteiger partial charge in [-0.25, -0.2) is 0 Å². The van der Waals surface area contributed by atoms with Gasteiger partial charge in [0.1, 0.15) is 11.2 Å². The highest BCUT2D eigenvalue weighted by Gasteiger charge is 2.26. The van der Waals surface area contributed by atoms with Crippen LogP contribution in [0.2, 0.25) is 0 Å². The van der Waals surface area contributed by atoms with E-state index in [0.29, 0.717) is 0 Å². The van der Waals surface area contributed by atoms with Crippen LogP contribution >= 0.6 is 34.0 Å². The normalized spacial score (nSPS) is 11.8. The smallest absolute Gasteiger partial charge is 0.136 e. The van der Waals surface area contributed by atoms with Gasteiger partial charge >= 0.3 is 0 Å². The van der Waals surface area contributed by atoms with Crippen molar-refractivity contribution in [3.8, 4) is 66.8 Å². The van der Waals surface area contributed by atoms with E-state index < -0.39 is 0 Å². The fourth-order valence-electron chi connectivity index (χ4n) is 19.6. The molecule has 0 radical (unpaired) electrons. The summed E-state index contributed by atoms with van der Waals surface area (Å²) in [7, 11) is 0. The summed E-state index contributed by atoms with van der Waals surface area (Å²) in [6, 6.07) is 165. The molecular weight excluding hydrogens is 1580 g/mol. The van der Waals surface area contributed by atoms with Crippen molar-refractivity contribution in [1.82, 2.24) is 0 Å². The first kappa shape index (κ1) is 73.2. The first-order valence-corrected chi connectivity index (χ1v) is 45.4. The summed E-state index contributed by atoms with van der Waals surface area (Å²) in [6.07, 6.45) is 0. The minimum absolute atomic E-state index is 0.905. The molecule has 126 heavy (non-hydrogen) atoms. The fourth-order valence-corrected chi connectivity index (χ4v) is 23.1. The van der Waals surface area contributed by atoms with Crippen molar-refractivity contribution in [2.45, 2.75) is 0 Å². The zero-order valence-corrected chi connectivity index (χ0v) is 70.7. The van der Waals surface area contributed by atoms with Gasteiger partial charge in [-0.1, -0.05) is 315 Å². The number of benzene rings is 22. The second-order valence-electron chi connectivity index (χ2n) is 32.9. The van der Waals surface area contributed by atoms with E-state index in [0.717, 1.165) is 61.8 Å². The second-order valence-corrected chi connectivity index (χ2v) is 36.1. The lowest BCUT2D eigenvalue weighted by molar-refractivity contribution is 0.669. The maximum atomic E-state index is 6.31. The number of nitrogens with zero attached hydrogens (tertiary/aromatic N) is 2. The number of fused-ring (bicyclic) bond motifs is 23. The molecule has 4 aromatic heterocycles. The van der Waals surface area contributed by atoms with Crippen LogP contribution in [-0.4, -0.2) is 0 Å². The third kappa shape index (κ3) is 12.5. The van der Waals surface area contributed by atoms with Crippen molar-refractivity contribution >= 4 is 215 Å². The molecule has 0 atom stereocenters. The number of rotatable bonds is 12. The first-order valence-electron chi connectivity index (χ1n) is 43.0. The van der Waals surface area contributed by atoms with Crippen LogP contribution < -0.4 is 9.80 Å². The topological polar surface area (TPSA) is 19.6 Å². The van der Waals surface area contributed by atoms with Crippen LogP contribution in [0.25, 0.3) is 214 Å². The third-order valence-electron chi connectivity index (χ3n) is 25.7. The predicted octanol–water partition coefficient (Wildman–Crippen LogP) is 36.2. The fraction of sp³-hybridized carbons (Fsp3) is 0. The molecule has 6 heteroatoms. The third-order valence-corrected chi connectivity index (χ3v) is 29.1. The Morgan fingerprint density at radius 3 is 1.02 bits per heavy atom. The van der Waals surface area contributed by atoms with Crippen LogP contribution in [0.3, 0.4) is 0 Å². The van der Waals surface area contributed by atoms with E-state index in [4.69, 9.17) is 4.42 Å². The molecule has 0 saturated carbocycles. The van der Waals surface area contributed by atoms with Crippen LogP contribution in [0.5, 0.6) is 0 Å². The average Bonchev–Trinajstić information content (AvgIpc) is 1.55. The maximum Gasteiger partial charge on any atom is 0.136 e. The van der Waals surface area contributed by atoms with Gasteiger partial charge in [0.05, 0.1) is 11.4 Å². The standard InChI is InChI=1S/C64H39NS2.C56H35NOS/c1-2-13-40(14-3-1)45-27-33-57(53(37-45)54-39-47-18-7-11-23-52(47)63-62-51-22-10-6-17-44(51)29-36-60(62)67-64(54)63)65(56-24-12-19-42-15-4-8-20-49(42)56)48-31-25-41(26-32-48)46-30-34-58-55(38-46)61-50-21-9-5-16-43(50)28-35-59(61)66-58;1-2-8-36(9-3-1)37-14-24-44(25-15-37)57(45-26-16-38(17-27-45)42-21-30-51-49(34-42)55-47-12-6-4-10-40(47)20-31-52(55)58-51)46-28-18-39(19-29-46)43-23-32-53-50(35-43)56-48-13-7-5-11-41(48)22-33-54(56)59-53/h1-39H;1-35H. The molecule has 0 spiro atoms. The quantitative estimate of drug-likeness (QED) is 0.122. The van der Waals surface area contributed by atoms with Gasteiger partial charge < -0.3 is 14.2 Å². The van der Waals surface area contributed by atoms with E-state index in [9.17, 15) is 0 Å². The van der Waals surface area contributed by atoms with E-state index in [-0.39, 0.29) is 0 Å². The van der Waals surface area contributed by atoms with E-state index in [2.05, 4.69) is 459 Å². The summed E-state index contributed by atoms with van der Waals surface area (Å²) in [5, 5.41) is 25.4. The van der Waals surface area contributed by atoms with Crippen molar-refractivity contribution in [3.05, 3.63) is 449 Å². The lowest BCUT2D eigenvalue weighted by atomic mass is 9.91. The van der Waals surface area contributed by atoms with Crippen molar-refractivity contribution in [1.29, 1.82) is 0 Å². The van der Waals surface area contributed by atoms with Gasteiger partial charge in [-0.05, 0) is 248 Å². The Balaban J connectivity index is 0.000000139. The van der Waals surface area contributed by atoms with Crippen molar-refractivity contribution in [2.75, 3.05) is 9.80 Å². The second kappa shape index (κ2) is 30.2.